The maximum atomic E-state index is 13.5. The van der Waals surface area contributed by atoms with Crippen LogP contribution in [0.5, 0.6) is 0 Å². The molecule has 146 valence electrons. The third-order valence-corrected chi connectivity index (χ3v) is 7.48. The lowest BCUT2D eigenvalue weighted by Gasteiger charge is -2.48. The molecule has 1 aromatic carbocycles. The summed E-state index contributed by atoms with van der Waals surface area (Å²) in [7, 11) is 0. The van der Waals surface area contributed by atoms with Crippen molar-refractivity contribution >= 4 is 23.0 Å². The highest BCUT2D eigenvalue weighted by Crippen LogP contribution is 2.38. The summed E-state index contributed by atoms with van der Waals surface area (Å²) in [5.41, 5.74) is 3.09. The van der Waals surface area contributed by atoms with Gasteiger partial charge in [-0.2, -0.15) is 11.3 Å². The summed E-state index contributed by atoms with van der Waals surface area (Å²) >= 11 is 1.76. The molecule has 28 heavy (non-hydrogen) atoms. The number of piperidine rings is 2. The van der Waals surface area contributed by atoms with Crippen LogP contribution >= 0.6 is 11.3 Å². The standard InChI is InChI=1S/C23H26N2O2S/c26-22-12-20(18-5-1-2-6-19(18)22)23(27)25-9-3-4-17-14-24(10-7-21(17)25)13-16-8-11-28-15-16/h1-2,5-6,8,11,15,17,20-21H,3-4,7,9-10,12-14H2/t17-,20?,21-/m1/s1. The van der Waals surface area contributed by atoms with E-state index in [0.717, 1.165) is 50.1 Å². The zero-order chi connectivity index (χ0) is 19.1. The van der Waals surface area contributed by atoms with Crippen LogP contribution < -0.4 is 0 Å². The average Bonchev–Trinajstić information content (AvgIpc) is 3.35. The fourth-order valence-electron chi connectivity index (χ4n) is 5.42. The number of ketones is 1. The molecule has 2 aliphatic heterocycles. The molecule has 0 spiro atoms. The van der Waals surface area contributed by atoms with Crippen molar-refractivity contribution in [2.75, 3.05) is 19.6 Å². The van der Waals surface area contributed by atoms with E-state index in [1.165, 1.54) is 12.0 Å². The third kappa shape index (κ3) is 3.20. The van der Waals surface area contributed by atoms with E-state index in [4.69, 9.17) is 0 Å². The number of benzene rings is 1. The number of carbonyl (C=O) groups is 2. The summed E-state index contributed by atoms with van der Waals surface area (Å²) in [5, 5.41) is 4.38. The number of Topliss-reactive ketones (excluding diaryl/α,β-unsaturated/α-hetero) is 1. The predicted molar refractivity (Wildman–Crippen MR) is 111 cm³/mol. The highest BCUT2D eigenvalue weighted by atomic mass is 32.1. The van der Waals surface area contributed by atoms with Crippen molar-refractivity contribution < 1.29 is 9.59 Å². The van der Waals surface area contributed by atoms with Crippen LogP contribution in [-0.4, -0.2) is 47.2 Å². The second kappa shape index (κ2) is 7.45. The molecular formula is C23H26N2O2S. The van der Waals surface area contributed by atoms with Crippen LogP contribution in [0.2, 0.25) is 0 Å². The van der Waals surface area contributed by atoms with E-state index in [1.54, 1.807) is 11.3 Å². The molecule has 1 aliphatic carbocycles. The number of rotatable bonds is 3. The molecule has 0 bridgehead atoms. The average molecular weight is 395 g/mol. The van der Waals surface area contributed by atoms with Crippen LogP contribution in [0.3, 0.4) is 0 Å². The van der Waals surface area contributed by atoms with Crippen LogP contribution in [0.1, 0.15) is 53.1 Å². The number of thiophene rings is 1. The Labute approximate surface area is 170 Å². The number of nitrogens with zero attached hydrogens (tertiary/aromatic N) is 2. The largest absolute Gasteiger partial charge is 0.339 e. The first-order valence-electron chi connectivity index (χ1n) is 10.4. The lowest BCUT2D eigenvalue weighted by atomic mass is 9.82. The van der Waals surface area contributed by atoms with Gasteiger partial charge in [0.05, 0.1) is 5.92 Å². The zero-order valence-electron chi connectivity index (χ0n) is 16.0. The van der Waals surface area contributed by atoms with Crippen LogP contribution in [-0.2, 0) is 11.3 Å². The third-order valence-electron chi connectivity index (χ3n) is 6.75. The second-order valence-electron chi connectivity index (χ2n) is 8.42. The lowest BCUT2D eigenvalue weighted by Crippen LogP contribution is -2.56. The van der Waals surface area contributed by atoms with E-state index in [-0.39, 0.29) is 17.6 Å². The van der Waals surface area contributed by atoms with Crippen molar-refractivity contribution in [3.63, 3.8) is 0 Å². The molecule has 2 aromatic rings. The van der Waals surface area contributed by atoms with Crippen LogP contribution in [0, 0.1) is 5.92 Å². The van der Waals surface area contributed by atoms with E-state index >= 15 is 0 Å². The summed E-state index contributed by atoms with van der Waals surface area (Å²) in [5.74, 6) is 0.580. The van der Waals surface area contributed by atoms with Gasteiger partial charge in [0.25, 0.3) is 0 Å². The number of hydrogen-bond acceptors (Lipinski definition) is 4. The minimum Gasteiger partial charge on any atom is -0.339 e. The Morgan fingerprint density at radius 1 is 1.14 bits per heavy atom. The predicted octanol–water partition coefficient (Wildman–Crippen LogP) is 3.93. The minimum atomic E-state index is -0.272. The van der Waals surface area contributed by atoms with Crippen molar-refractivity contribution in [2.24, 2.45) is 5.92 Å². The zero-order valence-corrected chi connectivity index (χ0v) is 16.9. The summed E-state index contributed by atoms with van der Waals surface area (Å²) in [4.78, 5) is 30.5. The van der Waals surface area contributed by atoms with Crippen LogP contribution in [0.15, 0.2) is 41.1 Å². The van der Waals surface area contributed by atoms with Gasteiger partial charge in [0.1, 0.15) is 0 Å². The van der Waals surface area contributed by atoms with E-state index in [1.807, 2.05) is 24.3 Å². The molecule has 3 atom stereocenters. The molecule has 5 rings (SSSR count). The Morgan fingerprint density at radius 2 is 2.04 bits per heavy atom. The smallest absolute Gasteiger partial charge is 0.230 e. The molecule has 4 nitrogen and oxygen atoms in total. The lowest BCUT2D eigenvalue weighted by molar-refractivity contribution is -0.140. The number of fused-ring (bicyclic) bond motifs is 2. The van der Waals surface area contributed by atoms with E-state index < -0.39 is 0 Å². The fraction of sp³-hybridized carbons (Fsp3) is 0.478. The molecule has 3 aliphatic rings. The number of amides is 1. The molecule has 2 saturated heterocycles. The van der Waals surface area contributed by atoms with Crippen molar-refractivity contribution in [3.05, 3.63) is 57.8 Å². The Morgan fingerprint density at radius 3 is 2.89 bits per heavy atom. The molecule has 3 heterocycles. The normalized spacial score (nSPS) is 27.5. The van der Waals surface area contributed by atoms with Crippen molar-refractivity contribution in [3.8, 4) is 0 Å². The maximum absolute atomic E-state index is 13.5. The molecule has 2 fully saturated rings. The SMILES string of the molecule is O=C1CC(C(=O)N2CCC[C@@H]3CN(Cc4ccsc4)CC[C@H]32)c2ccccc21. The highest BCUT2D eigenvalue weighted by molar-refractivity contribution is 7.07. The summed E-state index contributed by atoms with van der Waals surface area (Å²) in [6.07, 6.45) is 3.66. The first-order valence-corrected chi connectivity index (χ1v) is 11.3. The molecular weight excluding hydrogens is 368 g/mol. The summed E-state index contributed by atoms with van der Waals surface area (Å²) in [6.45, 7) is 3.98. The van der Waals surface area contributed by atoms with Gasteiger partial charge >= 0.3 is 0 Å². The number of hydrogen-bond donors (Lipinski definition) is 0. The molecule has 1 amide bonds. The van der Waals surface area contributed by atoms with Crippen LogP contribution in [0.25, 0.3) is 0 Å². The Bertz CT molecular complexity index is 878. The van der Waals surface area contributed by atoms with E-state index in [0.29, 0.717) is 18.4 Å². The van der Waals surface area contributed by atoms with Gasteiger partial charge in [0, 0.05) is 44.2 Å². The minimum absolute atomic E-state index is 0.119. The van der Waals surface area contributed by atoms with Gasteiger partial charge in [0.2, 0.25) is 5.91 Å². The van der Waals surface area contributed by atoms with Gasteiger partial charge in [-0.25, -0.2) is 0 Å². The van der Waals surface area contributed by atoms with Crippen LogP contribution in [0.4, 0.5) is 0 Å². The molecule has 1 aromatic heterocycles. The Kier molecular flexibility index (Phi) is 4.81. The van der Waals surface area contributed by atoms with Crippen molar-refractivity contribution in [1.29, 1.82) is 0 Å². The Hall–Kier alpha value is -1.98. The molecule has 5 heteroatoms. The first-order chi connectivity index (χ1) is 13.7. The van der Waals surface area contributed by atoms with E-state index in [2.05, 4.69) is 26.6 Å². The topological polar surface area (TPSA) is 40.6 Å². The van der Waals surface area contributed by atoms with Gasteiger partial charge in [-0.3, -0.25) is 14.5 Å². The van der Waals surface area contributed by atoms with Gasteiger partial charge in [-0.15, -0.1) is 0 Å². The van der Waals surface area contributed by atoms with Gasteiger partial charge in [-0.1, -0.05) is 24.3 Å². The highest BCUT2D eigenvalue weighted by Gasteiger charge is 2.42. The first kappa shape index (κ1) is 18.1. The van der Waals surface area contributed by atoms with Gasteiger partial charge < -0.3 is 4.90 Å². The molecule has 0 saturated carbocycles. The van der Waals surface area contributed by atoms with Crippen molar-refractivity contribution in [1.82, 2.24) is 9.80 Å². The number of carbonyl (C=O) groups excluding carboxylic acids is 2. The van der Waals surface area contributed by atoms with E-state index in [9.17, 15) is 9.59 Å². The summed E-state index contributed by atoms with van der Waals surface area (Å²) in [6, 6.07) is 10.2. The van der Waals surface area contributed by atoms with Gasteiger partial charge in [0.15, 0.2) is 5.78 Å². The monoisotopic (exact) mass is 394 g/mol. The maximum Gasteiger partial charge on any atom is 0.230 e. The van der Waals surface area contributed by atoms with Gasteiger partial charge in [-0.05, 0) is 53.1 Å². The quantitative estimate of drug-likeness (QED) is 0.792. The fourth-order valence-corrected chi connectivity index (χ4v) is 6.08. The molecule has 0 N–H and O–H groups in total. The molecule has 1 unspecified atom stereocenters. The molecule has 0 radical (unpaired) electrons. The second-order valence-corrected chi connectivity index (χ2v) is 9.20. The summed E-state index contributed by atoms with van der Waals surface area (Å²) < 4.78 is 0. The number of likely N-dealkylation sites (tertiary alicyclic amines) is 2. The Balaban J connectivity index is 1.30. The van der Waals surface area contributed by atoms with Crippen molar-refractivity contribution in [2.45, 2.75) is 44.2 Å².